The molecule has 3 aromatic rings. The van der Waals surface area contributed by atoms with Crippen molar-refractivity contribution in [1.82, 2.24) is 0 Å². The molecule has 0 aliphatic heterocycles. The van der Waals surface area contributed by atoms with Crippen molar-refractivity contribution in [3.8, 4) is 0 Å². The Morgan fingerprint density at radius 3 is 1.60 bits per heavy atom. The monoisotopic (exact) mass is 736 g/mol. The molecule has 3 rings (SSSR count). The molecule has 20 nitrogen and oxygen atoms in total. The summed E-state index contributed by atoms with van der Waals surface area (Å²) in [4.78, 5) is 11.9. The molecule has 0 aliphatic carbocycles. The topological polar surface area (TPSA) is 319 Å². The van der Waals surface area contributed by atoms with Gasteiger partial charge >= 0.3 is 16.4 Å². The van der Waals surface area contributed by atoms with Crippen molar-refractivity contribution in [3.63, 3.8) is 0 Å². The molecule has 254 valence electrons. The molecule has 0 radical (unpaired) electrons. The summed E-state index contributed by atoms with van der Waals surface area (Å²) in [6.07, 6.45) is 0. The lowest BCUT2D eigenvalue weighted by Gasteiger charge is -2.10. The van der Waals surface area contributed by atoms with E-state index in [1.54, 1.807) is 0 Å². The van der Waals surface area contributed by atoms with Crippen LogP contribution in [-0.2, 0) is 47.8 Å². The van der Waals surface area contributed by atoms with Gasteiger partial charge in [0.15, 0.2) is 32.0 Å². The van der Waals surface area contributed by atoms with Gasteiger partial charge in [-0.3, -0.25) is 8.74 Å². The molecule has 47 heavy (non-hydrogen) atoms. The molecule has 3 aromatic carbocycles. The first kappa shape index (κ1) is 37.3. The van der Waals surface area contributed by atoms with Crippen molar-refractivity contribution in [2.24, 2.45) is 20.5 Å². The Kier molecular flexibility index (Phi) is 12.8. The first-order chi connectivity index (χ1) is 22.0. The third-order valence-electron chi connectivity index (χ3n) is 5.59. The third-order valence-corrected chi connectivity index (χ3v) is 9.83. The van der Waals surface area contributed by atoms with Crippen LogP contribution in [0.5, 0.6) is 0 Å². The van der Waals surface area contributed by atoms with Crippen LogP contribution < -0.4 is 11.5 Å². The zero-order valence-electron chi connectivity index (χ0n) is 23.4. The zero-order chi connectivity index (χ0) is 34.8. The molecule has 0 heterocycles. The average Bonchev–Trinajstić information content (AvgIpc) is 2.99. The summed E-state index contributed by atoms with van der Waals surface area (Å²) in [5.74, 6) is -2.74. The summed E-state index contributed by atoms with van der Waals surface area (Å²) < 4.78 is 92.2. The lowest BCUT2D eigenvalue weighted by atomic mass is 10.1. The highest BCUT2D eigenvalue weighted by molar-refractivity contribution is 7.92. The summed E-state index contributed by atoms with van der Waals surface area (Å²) in [5.41, 5.74) is 10.5. The predicted molar refractivity (Wildman–Crippen MR) is 163 cm³/mol. The second kappa shape index (κ2) is 16.1. The zero-order valence-corrected chi connectivity index (χ0v) is 26.7. The fourth-order valence-corrected chi connectivity index (χ4v) is 6.37. The van der Waals surface area contributed by atoms with E-state index in [0.29, 0.717) is 0 Å². The molecule has 24 heteroatoms. The maximum Gasteiger partial charge on any atom is 0.397 e. The van der Waals surface area contributed by atoms with Crippen molar-refractivity contribution in [2.45, 2.75) is 9.79 Å². The van der Waals surface area contributed by atoms with E-state index in [1.165, 1.54) is 42.5 Å². The van der Waals surface area contributed by atoms with Gasteiger partial charge in [-0.1, -0.05) is 5.04 Å². The normalized spacial score (nSPS) is 12.6. The minimum absolute atomic E-state index is 0.0711. The number of aromatic carboxylic acids is 1. The van der Waals surface area contributed by atoms with E-state index >= 15 is 0 Å². The van der Waals surface area contributed by atoms with Gasteiger partial charge in [0.2, 0.25) is 0 Å². The summed E-state index contributed by atoms with van der Waals surface area (Å²) in [7, 11) is -12.6. The molecule has 0 saturated carbocycles. The van der Waals surface area contributed by atoms with E-state index in [0.717, 1.165) is 12.1 Å². The van der Waals surface area contributed by atoms with Crippen LogP contribution in [0, 0.1) is 0 Å². The van der Waals surface area contributed by atoms with Gasteiger partial charge in [0.1, 0.15) is 16.9 Å². The average molecular weight is 737 g/mol. The molecule has 0 amide bonds. The number of hydrogen-bond acceptors (Lipinski definition) is 19. The Morgan fingerprint density at radius 2 is 1.19 bits per heavy atom. The van der Waals surface area contributed by atoms with Crippen LogP contribution in [0.3, 0.4) is 0 Å². The number of nitrogen functional groups attached to an aromatic ring is 2. The molecule has 0 bridgehead atoms. The molecule has 0 spiro atoms. The molecule has 0 fully saturated rings. The predicted octanol–water partition coefficient (Wildman–Crippen LogP) is 3.75. The number of carbonyl (C=O) groups is 1. The van der Waals surface area contributed by atoms with Gasteiger partial charge in [0.05, 0.1) is 57.3 Å². The maximum absolute atomic E-state index is 12.4. The lowest BCUT2D eigenvalue weighted by Crippen LogP contribution is -2.15. The Balaban J connectivity index is 1.82. The summed E-state index contributed by atoms with van der Waals surface area (Å²) >= 11 is 0.227. The van der Waals surface area contributed by atoms with E-state index in [-0.39, 0.29) is 62.8 Å². The van der Waals surface area contributed by atoms with Crippen LogP contribution in [0.4, 0.5) is 34.1 Å². The third kappa shape index (κ3) is 11.0. The largest absolute Gasteiger partial charge is 0.478 e. The molecule has 0 aliphatic rings. The Morgan fingerprint density at radius 1 is 0.745 bits per heavy atom. The van der Waals surface area contributed by atoms with Crippen LogP contribution >= 0.6 is 12.3 Å². The summed E-state index contributed by atoms with van der Waals surface area (Å²) in [5, 5.41) is 36.9. The van der Waals surface area contributed by atoms with Gasteiger partial charge < -0.3 is 16.6 Å². The molecule has 0 unspecified atom stereocenters. The number of carboxylic acid groups (broad SMARTS) is 1. The number of nitrogens with zero attached hydrogens (tertiary/aromatic N) is 4. The van der Waals surface area contributed by atoms with Crippen molar-refractivity contribution in [3.05, 3.63) is 60.2 Å². The number of carboxylic acids is 1. The van der Waals surface area contributed by atoms with E-state index < -0.39 is 59.7 Å². The smallest absolute Gasteiger partial charge is 0.397 e. The summed E-state index contributed by atoms with van der Waals surface area (Å²) in [6.45, 7) is -1.11. The molecule has 0 saturated heterocycles. The van der Waals surface area contributed by atoms with E-state index in [2.05, 4.69) is 34.0 Å². The number of anilines is 2. The standard InChI is InChI=1S/C23H24N6O14S4/c24-18-13-19(25)22(29-27-15-3-7-17(8-4-15)46(35,36)12-10-41-47(37,38)39)20(23(30)31)21(18)28-26-14-1-5-16(6-2-14)45(33,34)11-9-40-44-43-42-32/h1-8,13,32H,9-12,24-25H2,(H,30,31)(H,37,38,39). The number of benzene rings is 3. The van der Waals surface area contributed by atoms with E-state index in [1.807, 2.05) is 0 Å². The van der Waals surface area contributed by atoms with Crippen molar-refractivity contribution >= 4 is 82.5 Å². The minimum Gasteiger partial charge on any atom is -0.478 e. The Bertz CT molecular complexity index is 1970. The van der Waals surface area contributed by atoms with Gasteiger partial charge in [0.25, 0.3) is 0 Å². The molecular weight excluding hydrogens is 713 g/mol. The van der Waals surface area contributed by atoms with Crippen LogP contribution in [0.25, 0.3) is 0 Å². The number of sulfone groups is 2. The highest BCUT2D eigenvalue weighted by Gasteiger charge is 2.23. The second-order valence-electron chi connectivity index (χ2n) is 8.74. The number of azo groups is 2. The summed E-state index contributed by atoms with van der Waals surface area (Å²) in [6, 6.07) is 11.0. The van der Waals surface area contributed by atoms with Crippen LogP contribution in [0.15, 0.2) is 84.8 Å². The molecule has 0 aromatic heterocycles. The van der Waals surface area contributed by atoms with Gasteiger partial charge in [-0.25, -0.2) is 31.1 Å². The highest BCUT2D eigenvalue weighted by Crippen LogP contribution is 2.41. The first-order valence-corrected chi connectivity index (χ1v) is 17.7. The minimum atomic E-state index is -4.82. The Labute approximate surface area is 271 Å². The maximum atomic E-state index is 12.4. The van der Waals surface area contributed by atoms with Crippen LogP contribution in [0.1, 0.15) is 10.4 Å². The first-order valence-electron chi connectivity index (χ1n) is 12.4. The quantitative estimate of drug-likeness (QED) is 0.0250. The second-order valence-corrected chi connectivity index (χ2v) is 14.6. The van der Waals surface area contributed by atoms with Crippen molar-refractivity contribution in [1.29, 1.82) is 0 Å². The Hall–Kier alpha value is -4.11. The van der Waals surface area contributed by atoms with Gasteiger partial charge in [-0.15, -0.1) is 14.6 Å². The van der Waals surface area contributed by atoms with Crippen LogP contribution in [-0.4, -0.2) is 70.9 Å². The molecule has 0 atom stereocenters. The van der Waals surface area contributed by atoms with Crippen molar-refractivity contribution in [2.75, 3.05) is 36.2 Å². The van der Waals surface area contributed by atoms with Crippen LogP contribution in [0.2, 0.25) is 0 Å². The fraction of sp³-hybridized carbons (Fsp3) is 0.174. The lowest BCUT2D eigenvalue weighted by molar-refractivity contribution is -0.434. The van der Waals surface area contributed by atoms with E-state index in [4.69, 9.17) is 25.5 Å². The fourth-order valence-electron chi connectivity index (χ4n) is 3.47. The van der Waals surface area contributed by atoms with E-state index in [9.17, 15) is 35.2 Å². The van der Waals surface area contributed by atoms with Gasteiger partial charge in [0, 0.05) is 0 Å². The van der Waals surface area contributed by atoms with Crippen molar-refractivity contribution < 1.29 is 62.7 Å². The molecule has 7 N–H and O–H groups in total. The van der Waals surface area contributed by atoms with Gasteiger partial charge in [-0.05, 0) is 54.6 Å². The number of rotatable bonds is 17. The number of hydrogen-bond donors (Lipinski definition) is 5. The molecular formula is C23H24N6O14S4. The number of nitrogens with two attached hydrogens (primary N) is 2. The van der Waals surface area contributed by atoms with Gasteiger partial charge in [-0.2, -0.15) is 18.6 Å². The SMILES string of the molecule is Nc1cc(N)c(N=Nc2ccc(S(=O)(=O)CCOS(=O)(=O)O)cc2)c(C(=O)O)c1N=Nc1ccc(S(=O)(=O)CCOSOOO)cc1. The highest BCUT2D eigenvalue weighted by atomic mass is 32.3.